The molecule has 8 heteroatoms. The van der Waals surface area contributed by atoms with E-state index >= 15 is 0 Å². The molecule has 3 rings (SSSR count). The first-order chi connectivity index (χ1) is 9.66. The van der Waals surface area contributed by atoms with Crippen LogP contribution in [0.3, 0.4) is 0 Å². The Morgan fingerprint density at radius 3 is 2.90 bits per heavy atom. The molecule has 0 saturated heterocycles. The Morgan fingerprint density at radius 1 is 1.40 bits per heavy atom. The summed E-state index contributed by atoms with van der Waals surface area (Å²) in [6, 6.07) is 1.84. The molecule has 0 unspecified atom stereocenters. The molecule has 0 spiro atoms. The van der Waals surface area contributed by atoms with E-state index in [1.807, 2.05) is 29.9 Å². The van der Waals surface area contributed by atoms with Gasteiger partial charge < -0.3 is 0 Å². The molecule has 3 aromatic heterocycles. The number of hydrogen-bond donors (Lipinski definition) is 2. The van der Waals surface area contributed by atoms with E-state index in [9.17, 15) is 4.79 Å². The fourth-order valence-corrected chi connectivity index (χ4v) is 2.81. The predicted molar refractivity (Wildman–Crippen MR) is 75.3 cm³/mol. The number of hydrogen-bond acceptors (Lipinski definition) is 5. The van der Waals surface area contributed by atoms with Crippen LogP contribution >= 0.6 is 11.3 Å². The van der Waals surface area contributed by atoms with Crippen LogP contribution < -0.4 is 5.32 Å². The number of thiazole rings is 1. The van der Waals surface area contributed by atoms with Crippen LogP contribution in [0.5, 0.6) is 0 Å². The third-order valence-corrected chi connectivity index (χ3v) is 3.69. The molecule has 2 N–H and O–H groups in total. The normalized spacial score (nSPS) is 10.7. The van der Waals surface area contributed by atoms with Gasteiger partial charge in [0.05, 0.1) is 5.56 Å². The maximum atomic E-state index is 12.2. The van der Waals surface area contributed by atoms with E-state index in [1.165, 1.54) is 17.7 Å². The van der Waals surface area contributed by atoms with Crippen molar-refractivity contribution < 1.29 is 4.79 Å². The Morgan fingerprint density at radius 2 is 2.25 bits per heavy atom. The van der Waals surface area contributed by atoms with Crippen LogP contribution in [0.1, 0.15) is 21.7 Å². The number of aryl methyl sites for hydroxylation is 1. The maximum Gasteiger partial charge on any atom is 0.259 e. The van der Waals surface area contributed by atoms with Gasteiger partial charge in [-0.1, -0.05) is 0 Å². The van der Waals surface area contributed by atoms with Gasteiger partial charge in [0.15, 0.2) is 5.13 Å². The smallest absolute Gasteiger partial charge is 0.259 e. The molecule has 20 heavy (non-hydrogen) atoms. The summed E-state index contributed by atoms with van der Waals surface area (Å²) in [5, 5.41) is 11.7. The lowest BCUT2D eigenvalue weighted by atomic mass is 10.2. The first-order valence-corrected chi connectivity index (χ1v) is 6.80. The summed E-state index contributed by atoms with van der Waals surface area (Å²) in [5.41, 5.74) is 2.39. The highest BCUT2D eigenvalue weighted by molar-refractivity contribution is 7.12. The number of carbonyl (C=O) groups excluding carboxylic acids is 1. The average molecular weight is 288 g/mol. The van der Waals surface area contributed by atoms with Crippen molar-refractivity contribution in [2.45, 2.75) is 13.8 Å². The van der Waals surface area contributed by atoms with Crippen LogP contribution in [0.2, 0.25) is 0 Å². The summed E-state index contributed by atoms with van der Waals surface area (Å²) in [5.74, 6) is 0.103. The molecule has 0 bridgehead atoms. The number of nitrogens with one attached hydrogen (secondary N) is 2. The van der Waals surface area contributed by atoms with E-state index in [2.05, 4.69) is 25.5 Å². The molecular formula is C12H12N6OS. The van der Waals surface area contributed by atoms with Crippen molar-refractivity contribution in [3.05, 3.63) is 40.9 Å². The van der Waals surface area contributed by atoms with Crippen molar-refractivity contribution in [3.8, 4) is 5.13 Å². The molecule has 0 radical (unpaired) electrons. The van der Waals surface area contributed by atoms with Crippen molar-refractivity contribution in [1.29, 1.82) is 0 Å². The van der Waals surface area contributed by atoms with Gasteiger partial charge in [-0.05, 0) is 19.9 Å². The molecule has 7 nitrogen and oxygen atoms in total. The highest BCUT2D eigenvalue weighted by Gasteiger charge is 2.18. The number of nitrogens with zero attached hydrogens (tertiary/aromatic N) is 4. The number of amides is 1. The van der Waals surface area contributed by atoms with E-state index < -0.39 is 0 Å². The minimum Gasteiger partial charge on any atom is -0.294 e. The van der Waals surface area contributed by atoms with Crippen molar-refractivity contribution in [2.75, 3.05) is 5.32 Å². The first kappa shape index (κ1) is 12.5. The van der Waals surface area contributed by atoms with Crippen LogP contribution in [0.4, 0.5) is 5.95 Å². The Hall–Kier alpha value is -2.48. The summed E-state index contributed by atoms with van der Waals surface area (Å²) >= 11 is 1.53. The fourth-order valence-electron chi connectivity index (χ4n) is 2.05. The van der Waals surface area contributed by atoms with E-state index in [4.69, 9.17) is 0 Å². The number of carbonyl (C=O) groups is 1. The fraction of sp³-hybridized carbons (Fsp3) is 0.167. The molecule has 0 aliphatic carbocycles. The molecule has 0 fully saturated rings. The second-order valence-electron chi connectivity index (χ2n) is 4.22. The molecule has 0 aliphatic rings. The average Bonchev–Trinajstić information content (AvgIpc) is 3.11. The lowest BCUT2D eigenvalue weighted by molar-refractivity contribution is 0.102. The second-order valence-corrected chi connectivity index (χ2v) is 5.10. The van der Waals surface area contributed by atoms with Crippen molar-refractivity contribution >= 4 is 23.2 Å². The van der Waals surface area contributed by atoms with Gasteiger partial charge in [-0.25, -0.2) is 10.1 Å². The van der Waals surface area contributed by atoms with Gasteiger partial charge in [0.25, 0.3) is 5.91 Å². The number of aromatic nitrogens is 5. The summed E-state index contributed by atoms with van der Waals surface area (Å²) in [6.45, 7) is 3.84. The van der Waals surface area contributed by atoms with Crippen molar-refractivity contribution in [3.63, 3.8) is 0 Å². The highest BCUT2D eigenvalue weighted by atomic mass is 32.1. The quantitative estimate of drug-likeness (QED) is 0.770. The predicted octanol–water partition coefficient (Wildman–Crippen LogP) is 1.92. The van der Waals surface area contributed by atoms with Gasteiger partial charge in [0.1, 0.15) is 6.33 Å². The summed E-state index contributed by atoms with van der Waals surface area (Å²) < 4.78 is 1.96. The largest absolute Gasteiger partial charge is 0.294 e. The Balaban J connectivity index is 1.95. The molecule has 102 valence electrons. The van der Waals surface area contributed by atoms with E-state index in [0.29, 0.717) is 11.5 Å². The van der Waals surface area contributed by atoms with Crippen molar-refractivity contribution in [1.82, 2.24) is 24.7 Å². The molecular weight excluding hydrogens is 276 g/mol. The van der Waals surface area contributed by atoms with E-state index in [0.717, 1.165) is 16.5 Å². The SMILES string of the molecule is Cc1cc(C(=O)Nc2ncn[nH]2)c(C)n1-c1nccs1. The van der Waals surface area contributed by atoms with Gasteiger partial charge >= 0.3 is 0 Å². The molecule has 3 heterocycles. The summed E-state index contributed by atoms with van der Waals surface area (Å²) in [6.07, 6.45) is 3.08. The Labute approximate surface area is 118 Å². The molecule has 0 saturated carbocycles. The third kappa shape index (κ3) is 2.10. The lowest BCUT2D eigenvalue weighted by Crippen LogP contribution is -2.14. The zero-order chi connectivity index (χ0) is 14.1. The summed E-state index contributed by atoms with van der Waals surface area (Å²) in [4.78, 5) is 20.4. The molecule has 0 aromatic carbocycles. The monoisotopic (exact) mass is 288 g/mol. The number of H-pyrrole nitrogens is 1. The maximum absolute atomic E-state index is 12.2. The number of anilines is 1. The Bertz CT molecular complexity index is 728. The zero-order valence-electron chi connectivity index (χ0n) is 10.9. The minimum absolute atomic E-state index is 0.224. The molecule has 3 aromatic rings. The molecule has 0 atom stereocenters. The lowest BCUT2D eigenvalue weighted by Gasteiger charge is -2.05. The first-order valence-electron chi connectivity index (χ1n) is 5.92. The Kier molecular flexibility index (Phi) is 3.07. The van der Waals surface area contributed by atoms with Crippen LogP contribution in [0.15, 0.2) is 24.0 Å². The number of rotatable bonds is 3. The van der Waals surface area contributed by atoms with Crippen LogP contribution in [-0.2, 0) is 0 Å². The van der Waals surface area contributed by atoms with Crippen LogP contribution in [-0.4, -0.2) is 30.6 Å². The van der Waals surface area contributed by atoms with E-state index in [-0.39, 0.29) is 5.91 Å². The summed E-state index contributed by atoms with van der Waals surface area (Å²) in [7, 11) is 0. The zero-order valence-corrected chi connectivity index (χ0v) is 11.7. The highest BCUT2D eigenvalue weighted by Crippen LogP contribution is 2.22. The van der Waals surface area contributed by atoms with Gasteiger partial charge in [-0.3, -0.25) is 14.7 Å². The van der Waals surface area contributed by atoms with Crippen LogP contribution in [0.25, 0.3) is 5.13 Å². The van der Waals surface area contributed by atoms with Crippen LogP contribution in [0, 0.1) is 13.8 Å². The molecule has 0 aliphatic heterocycles. The van der Waals surface area contributed by atoms with Crippen molar-refractivity contribution in [2.24, 2.45) is 0 Å². The van der Waals surface area contributed by atoms with Gasteiger partial charge in [0, 0.05) is 23.0 Å². The standard InChI is InChI=1S/C12H12N6OS/c1-7-5-9(10(19)16-11-14-6-15-17-11)8(2)18(7)12-13-3-4-20-12/h3-6H,1-2H3,(H2,14,15,16,17,19). The minimum atomic E-state index is -0.224. The number of aromatic amines is 1. The second kappa shape index (κ2) is 4.89. The van der Waals surface area contributed by atoms with E-state index in [1.54, 1.807) is 6.20 Å². The van der Waals surface area contributed by atoms with Gasteiger partial charge in [-0.2, -0.15) is 10.1 Å². The van der Waals surface area contributed by atoms with Gasteiger partial charge in [0.2, 0.25) is 5.95 Å². The molecule has 1 amide bonds. The third-order valence-electron chi connectivity index (χ3n) is 2.93. The van der Waals surface area contributed by atoms with Gasteiger partial charge in [-0.15, -0.1) is 11.3 Å². The topological polar surface area (TPSA) is 88.5 Å².